The van der Waals surface area contributed by atoms with Gasteiger partial charge in [0.2, 0.25) is 0 Å². The first kappa shape index (κ1) is 18.0. The van der Waals surface area contributed by atoms with Gasteiger partial charge in [0.25, 0.3) is 0 Å². The summed E-state index contributed by atoms with van der Waals surface area (Å²) < 4.78 is 43.2. The lowest BCUT2D eigenvalue weighted by Gasteiger charge is -2.09. The molecule has 0 saturated carbocycles. The molecule has 3 aromatic carbocycles. The van der Waals surface area contributed by atoms with E-state index in [4.69, 9.17) is 9.84 Å². The number of alkyl halides is 3. The van der Waals surface area contributed by atoms with Crippen LogP contribution in [0.4, 0.5) is 13.2 Å². The Balaban J connectivity index is 1.76. The number of ether oxygens (including phenoxy) is 1. The number of rotatable bonds is 5. The fourth-order valence-electron chi connectivity index (χ4n) is 2.61. The van der Waals surface area contributed by atoms with E-state index in [0.29, 0.717) is 5.75 Å². The van der Waals surface area contributed by atoms with Gasteiger partial charge in [-0.05, 0) is 46.5 Å². The molecule has 0 amide bonds. The summed E-state index contributed by atoms with van der Waals surface area (Å²) in [5, 5.41) is 8.75. The molecule has 0 fully saturated rings. The van der Waals surface area contributed by atoms with Crippen LogP contribution in [0.1, 0.15) is 5.56 Å². The van der Waals surface area contributed by atoms with Gasteiger partial charge in [-0.2, -0.15) is 13.2 Å². The molecule has 3 rings (SSSR count). The third kappa shape index (κ3) is 4.24. The Hall–Kier alpha value is -2.79. The minimum atomic E-state index is -4.32. The molecule has 26 heavy (non-hydrogen) atoms. The molecule has 0 atom stereocenters. The Morgan fingerprint density at radius 3 is 1.42 bits per heavy atom. The van der Waals surface area contributed by atoms with Crippen LogP contribution in [0.3, 0.4) is 0 Å². The number of halogens is 3. The SMILES string of the molecule is OCCOc1ccc(-c2ccc(-c3ccc(C(F)(F)F)cc3)cc2)cc1. The average molecular weight is 358 g/mol. The molecular formula is C21H17F3O2. The van der Waals surface area contributed by atoms with Crippen LogP contribution in [-0.4, -0.2) is 18.3 Å². The molecule has 0 spiro atoms. The molecule has 3 aromatic rings. The maximum Gasteiger partial charge on any atom is 0.416 e. The molecular weight excluding hydrogens is 341 g/mol. The number of benzene rings is 3. The van der Waals surface area contributed by atoms with E-state index in [0.717, 1.165) is 34.4 Å². The van der Waals surface area contributed by atoms with Crippen LogP contribution in [-0.2, 0) is 6.18 Å². The number of hydrogen-bond donors (Lipinski definition) is 1. The van der Waals surface area contributed by atoms with Crippen molar-refractivity contribution in [1.82, 2.24) is 0 Å². The van der Waals surface area contributed by atoms with Gasteiger partial charge in [-0.3, -0.25) is 0 Å². The van der Waals surface area contributed by atoms with Crippen molar-refractivity contribution in [2.75, 3.05) is 13.2 Å². The lowest BCUT2D eigenvalue weighted by molar-refractivity contribution is -0.137. The first-order valence-corrected chi connectivity index (χ1v) is 8.09. The third-order valence-corrected chi connectivity index (χ3v) is 3.98. The highest BCUT2D eigenvalue weighted by atomic mass is 19.4. The van der Waals surface area contributed by atoms with Crippen LogP contribution in [0.15, 0.2) is 72.8 Å². The van der Waals surface area contributed by atoms with Gasteiger partial charge >= 0.3 is 6.18 Å². The van der Waals surface area contributed by atoms with E-state index in [9.17, 15) is 13.2 Å². The zero-order chi connectivity index (χ0) is 18.6. The maximum absolute atomic E-state index is 12.6. The Morgan fingerprint density at radius 1 is 0.654 bits per heavy atom. The fraction of sp³-hybridized carbons (Fsp3) is 0.143. The third-order valence-electron chi connectivity index (χ3n) is 3.98. The van der Waals surface area contributed by atoms with Crippen LogP contribution in [0.25, 0.3) is 22.3 Å². The second-order valence-corrected chi connectivity index (χ2v) is 5.75. The van der Waals surface area contributed by atoms with E-state index in [-0.39, 0.29) is 13.2 Å². The molecule has 0 heterocycles. The van der Waals surface area contributed by atoms with Gasteiger partial charge in [-0.1, -0.05) is 48.5 Å². The minimum Gasteiger partial charge on any atom is -0.491 e. The summed E-state index contributed by atoms with van der Waals surface area (Å²) in [6.45, 7) is 0.217. The Bertz CT molecular complexity index is 836. The van der Waals surface area contributed by atoms with Crippen molar-refractivity contribution in [2.45, 2.75) is 6.18 Å². The van der Waals surface area contributed by atoms with Gasteiger partial charge in [-0.25, -0.2) is 0 Å². The van der Waals surface area contributed by atoms with Gasteiger partial charge in [-0.15, -0.1) is 0 Å². The van der Waals surface area contributed by atoms with Gasteiger partial charge < -0.3 is 9.84 Å². The molecule has 0 aliphatic heterocycles. The van der Waals surface area contributed by atoms with Crippen molar-refractivity contribution in [2.24, 2.45) is 0 Å². The first-order chi connectivity index (χ1) is 12.5. The topological polar surface area (TPSA) is 29.5 Å². The molecule has 1 N–H and O–H groups in total. The van der Waals surface area contributed by atoms with Crippen LogP contribution in [0, 0.1) is 0 Å². The van der Waals surface area contributed by atoms with Crippen molar-refractivity contribution in [3.8, 4) is 28.0 Å². The predicted molar refractivity (Wildman–Crippen MR) is 94.9 cm³/mol. The van der Waals surface area contributed by atoms with E-state index in [1.165, 1.54) is 12.1 Å². The smallest absolute Gasteiger partial charge is 0.416 e. The summed E-state index contributed by atoms with van der Waals surface area (Å²) in [6, 6.07) is 20.2. The molecule has 0 radical (unpaired) electrons. The van der Waals surface area contributed by atoms with Gasteiger partial charge in [0.1, 0.15) is 12.4 Å². The fourth-order valence-corrected chi connectivity index (χ4v) is 2.61. The molecule has 0 bridgehead atoms. The highest BCUT2D eigenvalue weighted by Crippen LogP contribution is 2.31. The highest BCUT2D eigenvalue weighted by molar-refractivity contribution is 5.70. The van der Waals surface area contributed by atoms with Gasteiger partial charge in [0.15, 0.2) is 0 Å². The van der Waals surface area contributed by atoms with Crippen molar-refractivity contribution >= 4 is 0 Å². The minimum absolute atomic E-state index is 0.0346. The summed E-state index contributed by atoms with van der Waals surface area (Å²) >= 11 is 0. The summed E-state index contributed by atoms with van der Waals surface area (Å²) in [5.74, 6) is 0.684. The van der Waals surface area contributed by atoms with Crippen molar-refractivity contribution in [3.63, 3.8) is 0 Å². The normalized spacial score (nSPS) is 11.4. The molecule has 0 aliphatic rings. The van der Waals surface area contributed by atoms with Crippen molar-refractivity contribution in [1.29, 1.82) is 0 Å². The standard InChI is InChI=1S/C21H17F3O2/c22-21(23,24)19-9-5-17(6-10-19)15-1-3-16(4-2-15)18-7-11-20(12-8-18)26-14-13-25/h1-12,25H,13-14H2. The van der Waals surface area contributed by atoms with Crippen molar-refractivity contribution in [3.05, 3.63) is 78.4 Å². The molecule has 0 aromatic heterocycles. The van der Waals surface area contributed by atoms with Crippen LogP contribution >= 0.6 is 0 Å². The first-order valence-electron chi connectivity index (χ1n) is 8.09. The number of hydrogen-bond acceptors (Lipinski definition) is 2. The summed E-state index contributed by atoms with van der Waals surface area (Å²) in [5.41, 5.74) is 2.93. The molecule has 134 valence electrons. The monoisotopic (exact) mass is 358 g/mol. The lowest BCUT2D eigenvalue weighted by atomic mass is 9.99. The predicted octanol–water partition coefficient (Wildman–Crippen LogP) is 5.41. The molecule has 2 nitrogen and oxygen atoms in total. The maximum atomic E-state index is 12.6. The van der Waals surface area contributed by atoms with Crippen LogP contribution in [0.2, 0.25) is 0 Å². The average Bonchev–Trinajstić information content (AvgIpc) is 2.66. The van der Waals surface area contributed by atoms with Gasteiger partial charge in [0.05, 0.1) is 12.2 Å². The quantitative estimate of drug-likeness (QED) is 0.661. The Kier molecular flexibility index (Phi) is 5.28. The van der Waals surface area contributed by atoms with Crippen molar-refractivity contribution < 1.29 is 23.0 Å². The number of aliphatic hydroxyl groups excluding tert-OH is 1. The van der Waals surface area contributed by atoms with Gasteiger partial charge in [0, 0.05) is 0 Å². The van der Waals surface area contributed by atoms with Crippen LogP contribution in [0.5, 0.6) is 5.75 Å². The Labute approximate surface area is 149 Å². The number of aliphatic hydroxyl groups is 1. The summed E-state index contributed by atoms with van der Waals surface area (Å²) in [7, 11) is 0. The lowest BCUT2D eigenvalue weighted by Crippen LogP contribution is -2.03. The van der Waals surface area contributed by atoms with Crippen LogP contribution < -0.4 is 4.74 Å². The summed E-state index contributed by atoms with van der Waals surface area (Å²) in [4.78, 5) is 0. The second kappa shape index (κ2) is 7.62. The Morgan fingerprint density at radius 2 is 1.04 bits per heavy atom. The highest BCUT2D eigenvalue weighted by Gasteiger charge is 2.29. The zero-order valence-corrected chi connectivity index (χ0v) is 13.8. The molecule has 0 saturated heterocycles. The zero-order valence-electron chi connectivity index (χ0n) is 13.8. The van der Waals surface area contributed by atoms with E-state index in [2.05, 4.69) is 0 Å². The molecule has 0 unspecified atom stereocenters. The molecule has 5 heteroatoms. The second-order valence-electron chi connectivity index (χ2n) is 5.75. The molecule has 0 aliphatic carbocycles. The van der Waals surface area contributed by atoms with E-state index >= 15 is 0 Å². The van der Waals surface area contributed by atoms with E-state index in [1.54, 1.807) is 0 Å². The summed E-state index contributed by atoms with van der Waals surface area (Å²) in [6.07, 6.45) is -4.32. The largest absolute Gasteiger partial charge is 0.491 e. The van der Waals surface area contributed by atoms with E-state index < -0.39 is 11.7 Å². The van der Waals surface area contributed by atoms with E-state index in [1.807, 2.05) is 48.5 Å².